The molecule has 0 aliphatic carbocycles. The topological polar surface area (TPSA) is 96.5 Å². The first-order valence-electron chi connectivity index (χ1n) is 7.07. The van der Waals surface area contributed by atoms with Crippen LogP contribution >= 0.6 is 0 Å². The molecular formula is C14H21N3O4S. The molecule has 0 saturated carbocycles. The summed E-state index contributed by atoms with van der Waals surface area (Å²) in [5.41, 5.74) is 1.08. The smallest absolute Gasteiger partial charge is 0.240 e. The van der Waals surface area contributed by atoms with E-state index in [-0.39, 0.29) is 23.3 Å². The van der Waals surface area contributed by atoms with Gasteiger partial charge < -0.3 is 15.4 Å². The van der Waals surface area contributed by atoms with Gasteiger partial charge in [-0.05, 0) is 31.7 Å². The number of carbonyl (C=O) groups is 1. The van der Waals surface area contributed by atoms with Crippen molar-refractivity contribution < 1.29 is 17.9 Å². The van der Waals surface area contributed by atoms with Crippen molar-refractivity contribution in [1.82, 2.24) is 10.0 Å². The fraction of sp³-hybridized carbons (Fsp3) is 0.500. The second-order valence-electron chi connectivity index (χ2n) is 5.17. The van der Waals surface area contributed by atoms with Gasteiger partial charge in [0, 0.05) is 24.7 Å². The molecule has 7 nitrogen and oxygen atoms in total. The van der Waals surface area contributed by atoms with E-state index in [9.17, 15) is 13.2 Å². The second-order valence-corrected chi connectivity index (χ2v) is 7.02. The van der Waals surface area contributed by atoms with Crippen LogP contribution in [-0.2, 0) is 19.6 Å². The van der Waals surface area contributed by atoms with Gasteiger partial charge in [0.15, 0.2) is 0 Å². The van der Waals surface area contributed by atoms with Gasteiger partial charge in [0.1, 0.15) is 0 Å². The second kappa shape index (κ2) is 7.19. The molecule has 2 rings (SSSR count). The number of sulfonamides is 1. The average Bonchev–Trinajstić information content (AvgIpc) is 2.50. The molecule has 1 aromatic rings. The average molecular weight is 327 g/mol. The number of hydrogen-bond donors (Lipinski definition) is 3. The molecule has 1 aromatic carbocycles. The Hall–Kier alpha value is -1.48. The minimum absolute atomic E-state index is 0.0142. The highest BCUT2D eigenvalue weighted by Gasteiger charge is 2.18. The number of aryl methyl sites for hydroxylation is 1. The molecule has 1 aliphatic heterocycles. The fourth-order valence-electron chi connectivity index (χ4n) is 2.26. The molecule has 1 fully saturated rings. The molecule has 1 heterocycles. The maximum Gasteiger partial charge on any atom is 0.240 e. The van der Waals surface area contributed by atoms with Gasteiger partial charge in [-0.3, -0.25) is 4.79 Å². The third-order valence-corrected chi connectivity index (χ3v) is 5.02. The van der Waals surface area contributed by atoms with E-state index in [0.717, 1.165) is 6.54 Å². The normalized spacial score (nSPS) is 18.9. The van der Waals surface area contributed by atoms with E-state index < -0.39 is 10.0 Å². The zero-order valence-electron chi connectivity index (χ0n) is 12.7. The molecule has 8 heteroatoms. The summed E-state index contributed by atoms with van der Waals surface area (Å²) >= 11 is 0. The van der Waals surface area contributed by atoms with Crippen LogP contribution in [-0.4, -0.2) is 47.2 Å². The predicted octanol–water partition coefficient (Wildman–Crippen LogP) is 0.220. The van der Waals surface area contributed by atoms with Crippen LogP contribution in [0.25, 0.3) is 0 Å². The van der Waals surface area contributed by atoms with Gasteiger partial charge in [-0.25, -0.2) is 13.1 Å². The Bertz CT molecular complexity index is 639. The lowest BCUT2D eigenvalue weighted by atomic mass is 10.2. The number of morpholine rings is 1. The van der Waals surface area contributed by atoms with E-state index in [4.69, 9.17) is 4.74 Å². The molecule has 1 saturated heterocycles. The lowest BCUT2D eigenvalue weighted by Crippen LogP contribution is -2.43. The van der Waals surface area contributed by atoms with Crippen molar-refractivity contribution >= 4 is 21.6 Å². The lowest BCUT2D eigenvalue weighted by molar-refractivity contribution is -0.117. The fourth-order valence-corrected chi connectivity index (χ4v) is 3.26. The predicted molar refractivity (Wildman–Crippen MR) is 83.3 cm³/mol. The van der Waals surface area contributed by atoms with Gasteiger partial charge >= 0.3 is 0 Å². The summed E-state index contributed by atoms with van der Waals surface area (Å²) in [6.45, 7) is 3.59. The molecule has 1 aliphatic rings. The number of ether oxygens (including phenoxy) is 1. The molecule has 0 bridgehead atoms. The number of amides is 1. The number of nitrogens with one attached hydrogen (secondary N) is 3. The first kappa shape index (κ1) is 16.9. The number of benzene rings is 1. The third-order valence-electron chi connectivity index (χ3n) is 3.46. The van der Waals surface area contributed by atoms with Crippen LogP contribution < -0.4 is 15.4 Å². The molecule has 1 atom stereocenters. The zero-order valence-corrected chi connectivity index (χ0v) is 13.5. The quantitative estimate of drug-likeness (QED) is 0.719. The Morgan fingerprint density at radius 1 is 1.45 bits per heavy atom. The Balaban J connectivity index is 2.06. The van der Waals surface area contributed by atoms with Crippen molar-refractivity contribution in [3.63, 3.8) is 0 Å². The first-order chi connectivity index (χ1) is 10.4. The van der Waals surface area contributed by atoms with Crippen molar-refractivity contribution in [3.05, 3.63) is 23.8 Å². The van der Waals surface area contributed by atoms with Crippen molar-refractivity contribution in [2.24, 2.45) is 0 Å². The molecule has 0 spiro atoms. The summed E-state index contributed by atoms with van der Waals surface area (Å²) in [4.78, 5) is 12.2. The van der Waals surface area contributed by atoms with Crippen LogP contribution in [0.1, 0.15) is 12.0 Å². The maximum absolute atomic E-state index is 12.0. The molecule has 122 valence electrons. The minimum Gasteiger partial charge on any atom is -0.378 e. The molecule has 0 aromatic heterocycles. The van der Waals surface area contributed by atoms with Crippen molar-refractivity contribution in [3.8, 4) is 0 Å². The Kier molecular flexibility index (Phi) is 5.52. The van der Waals surface area contributed by atoms with Gasteiger partial charge in [-0.2, -0.15) is 0 Å². The van der Waals surface area contributed by atoms with E-state index in [1.165, 1.54) is 13.1 Å². The Morgan fingerprint density at radius 2 is 2.23 bits per heavy atom. The summed E-state index contributed by atoms with van der Waals surface area (Å²) in [6, 6.07) is 4.80. The van der Waals surface area contributed by atoms with Crippen molar-refractivity contribution in [1.29, 1.82) is 0 Å². The molecule has 1 unspecified atom stereocenters. The van der Waals surface area contributed by atoms with E-state index in [1.807, 2.05) is 0 Å². The van der Waals surface area contributed by atoms with Crippen molar-refractivity contribution in [2.75, 3.05) is 32.1 Å². The van der Waals surface area contributed by atoms with Crippen LogP contribution in [0.4, 0.5) is 5.69 Å². The van der Waals surface area contributed by atoms with E-state index in [0.29, 0.717) is 24.5 Å². The van der Waals surface area contributed by atoms with E-state index in [2.05, 4.69) is 15.4 Å². The Labute approximate surface area is 130 Å². The number of anilines is 1. The standard InChI is InChI=1S/C14H21N3O4S/c1-10-3-4-11(7-13(10)22(19,20)15-2)17-14(18)8-12-9-21-6-5-16-12/h3-4,7,12,15-16H,5-6,8-9H2,1-2H3,(H,17,18). The summed E-state index contributed by atoms with van der Waals surface area (Å²) in [5.74, 6) is -0.181. The highest BCUT2D eigenvalue weighted by atomic mass is 32.2. The number of rotatable bonds is 5. The van der Waals surface area contributed by atoms with Gasteiger partial charge in [0.25, 0.3) is 0 Å². The number of hydrogen-bond acceptors (Lipinski definition) is 5. The summed E-state index contributed by atoms with van der Waals surface area (Å²) in [5, 5.41) is 5.92. The Morgan fingerprint density at radius 3 is 2.86 bits per heavy atom. The van der Waals surface area contributed by atoms with Gasteiger partial charge in [0.05, 0.1) is 18.1 Å². The van der Waals surface area contributed by atoms with Crippen LogP contribution in [0.3, 0.4) is 0 Å². The van der Waals surface area contributed by atoms with Gasteiger partial charge in [-0.15, -0.1) is 0 Å². The zero-order chi connectivity index (χ0) is 16.2. The monoisotopic (exact) mass is 327 g/mol. The minimum atomic E-state index is -3.55. The molecule has 1 amide bonds. The number of carbonyl (C=O) groups excluding carboxylic acids is 1. The summed E-state index contributed by atoms with van der Waals surface area (Å²) in [6.07, 6.45) is 0.280. The van der Waals surface area contributed by atoms with Crippen LogP contribution in [0.5, 0.6) is 0 Å². The summed E-state index contributed by atoms with van der Waals surface area (Å²) < 4.78 is 31.4. The summed E-state index contributed by atoms with van der Waals surface area (Å²) in [7, 11) is -2.19. The third kappa shape index (κ3) is 4.26. The van der Waals surface area contributed by atoms with Gasteiger partial charge in [-0.1, -0.05) is 6.07 Å². The van der Waals surface area contributed by atoms with E-state index in [1.54, 1.807) is 19.1 Å². The molecule has 0 radical (unpaired) electrons. The largest absolute Gasteiger partial charge is 0.378 e. The van der Waals surface area contributed by atoms with Crippen molar-refractivity contribution in [2.45, 2.75) is 24.3 Å². The maximum atomic E-state index is 12.0. The molecule has 22 heavy (non-hydrogen) atoms. The SMILES string of the molecule is CNS(=O)(=O)c1cc(NC(=O)CC2COCCN2)ccc1C. The highest BCUT2D eigenvalue weighted by Crippen LogP contribution is 2.20. The van der Waals surface area contributed by atoms with E-state index >= 15 is 0 Å². The van der Waals surface area contributed by atoms with Crippen LogP contribution in [0, 0.1) is 6.92 Å². The molecular weight excluding hydrogens is 306 g/mol. The first-order valence-corrected chi connectivity index (χ1v) is 8.56. The highest BCUT2D eigenvalue weighted by molar-refractivity contribution is 7.89. The van der Waals surface area contributed by atoms with Crippen LogP contribution in [0.2, 0.25) is 0 Å². The van der Waals surface area contributed by atoms with Gasteiger partial charge in [0.2, 0.25) is 15.9 Å². The molecule has 3 N–H and O–H groups in total. The lowest BCUT2D eigenvalue weighted by Gasteiger charge is -2.23. The van der Waals surface area contributed by atoms with Crippen LogP contribution in [0.15, 0.2) is 23.1 Å².